The largest absolute Gasteiger partial charge is 0.475 e. The molecule has 96 valence electrons. The molecule has 17 heavy (non-hydrogen) atoms. The molecule has 0 radical (unpaired) electrons. The van der Waals surface area contributed by atoms with Gasteiger partial charge in [-0.05, 0) is 20.3 Å². The number of hydrogen-bond acceptors (Lipinski definition) is 5. The molecule has 0 bridgehead atoms. The van der Waals surface area contributed by atoms with Crippen LogP contribution in [0.4, 0.5) is 5.82 Å². The molecular formula is C12H21N3O2. The average molecular weight is 239 g/mol. The first kappa shape index (κ1) is 13.7. The zero-order valence-electron chi connectivity index (χ0n) is 11.0. The zero-order valence-corrected chi connectivity index (χ0v) is 11.0. The fourth-order valence-electron chi connectivity index (χ4n) is 1.29. The molecule has 1 unspecified atom stereocenters. The number of nitrogens with zero attached hydrogens (tertiary/aromatic N) is 2. The molecule has 1 atom stereocenters. The summed E-state index contributed by atoms with van der Waals surface area (Å²) in [7, 11) is 1.62. The summed E-state index contributed by atoms with van der Waals surface area (Å²) < 4.78 is 10.7. The van der Waals surface area contributed by atoms with Crippen molar-refractivity contribution in [2.75, 3.05) is 19.0 Å². The molecule has 0 aliphatic carbocycles. The van der Waals surface area contributed by atoms with Gasteiger partial charge in [0.15, 0.2) is 5.82 Å². The lowest BCUT2D eigenvalue weighted by Gasteiger charge is -2.13. The predicted molar refractivity (Wildman–Crippen MR) is 67.3 cm³/mol. The van der Waals surface area contributed by atoms with Gasteiger partial charge in [-0.15, -0.1) is 0 Å². The highest BCUT2D eigenvalue weighted by Gasteiger charge is 2.07. The van der Waals surface area contributed by atoms with Gasteiger partial charge in [0.1, 0.15) is 12.4 Å². The molecule has 0 amide bonds. The Bertz CT molecular complexity index is 320. The Morgan fingerprint density at radius 2 is 2.12 bits per heavy atom. The molecule has 1 rings (SSSR count). The quantitative estimate of drug-likeness (QED) is 0.790. The van der Waals surface area contributed by atoms with E-state index in [0.29, 0.717) is 18.3 Å². The second-order valence-electron chi connectivity index (χ2n) is 3.81. The summed E-state index contributed by atoms with van der Waals surface area (Å²) in [6.45, 7) is 7.31. The second kappa shape index (κ2) is 7.06. The van der Waals surface area contributed by atoms with Crippen molar-refractivity contribution in [3.63, 3.8) is 0 Å². The maximum absolute atomic E-state index is 5.69. The molecule has 1 heterocycles. The normalized spacial score (nSPS) is 12.2. The van der Waals surface area contributed by atoms with E-state index >= 15 is 0 Å². The first-order valence-electron chi connectivity index (χ1n) is 5.97. The van der Waals surface area contributed by atoms with Gasteiger partial charge in [0, 0.05) is 19.7 Å². The zero-order chi connectivity index (χ0) is 12.7. The van der Waals surface area contributed by atoms with Gasteiger partial charge in [-0.3, -0.25) is 0 Å². The molecular weight excluding hydrogens is 218 g/mol. The molecule has 0 aromatic carbocycles. The Balaban J connectivity index is 2.86. The molecule has 5 heteroatoms. The van der Waals surface area contributed by atoms with Crippen molar-refractivity contribution in [1.29, 1.82) is 0 Å². The summed E-state index contributed by atoms with van der Waals surface area (Å²) in [6, 6.07) is 1.81. The number of rotatable bonds is 7. The number of nitrogens with one attached hydrogen (secondary N) is 1. The molecule has 0 saturated heterocycles. The molecule has 0 aliphatic heterocycles. The van der Waals surface area contributed by atoms with Gasteiger partial charge in [-0.1, -0.05) is 6.92 Å². The van der Waals surface area contributed by atoms with Crippen LogP contribution in [0.2, 0.25) is 0 Å². The van der Waals surface area contributed by atoms with Crippen LogP contribution in [0, 0.1) is 0 Å². The topological polar surface area (TPSA) is 56.3 Å². The van der Waals surface area contributed by atoms with Gasteiger partial charge in [0.25, 0.3) is 0 Å². The Morgan fingerprint density at radius 1 is 1.35 bits per heavy atom. The van der Waals surface area contributed by atoms with Gasteiger partial charge in [0.05, 0.1) is 6.10 Å². The summed E-state index contributed by atoms with van der Waals surface area (Å²) in [5.41, 5.74) is 0. The molecule has 0 spiro atoms. The fraction of sp³-hybridized carbons (Fsp3) is 0.667. The van der Waals surface area contributed by atoms with Crippen molar-refractivity contribution in [3.8, 4) is 5.88 Å². The van der Waals surface area contributed by atoms with Gasteiger partial charge < -0.3 is 14.8 Å². The number of hydrogen-bond donors (Lipinski definition) is 1. The van der Waals surface area contributed by atoms with E-state index in [1.165, 1.54) is 0 Å². The summed E-state index contributed by atoms with van der Waals surface area (Å²) in [5.74, 6) is 1.99. The highest BCUT2D eigenvalue weighted by atomic mass is 16.5. The van der Waals surface area contributed by atoms with Gasteiger partial charge >= 0.3 is 0 Å². The first-order chi connectivity index (χ1) is 8.19. The maximum atomic E-state index is 5.69. The second-order valence-corrected chi connectivity index (χ2v) is 3.81. The van der Waals surface area contributed by atoms with E-state index in [2.05, 4.69) is 22.2 Å². The van der Waals surface area contributed by atoms with Gasteiger partial charge in [-0.2, -0.15) is 4.98 Å². The highest BCUT2D eigenvalue weighted by molar-refractivity contribution is 5.38. The fourth-order valence-corrected chi connectivity index (χ4v) is 1.29. The summed E-state index contributed by atoms with van der Waals surface area (Å²) in [6.07, 6.45) is 1.09. The van der Waals surface area contributed by atoms with Crippen molar-refractivity contribution in [2.24, 2.45) is 0 Å². The Hall–Kier alpha value is -1.36. The summed E-state index contributed by atoms with van der Waals surface area (Å²) in [5, 5.41) is 3.15. The monoisotopic (exact) mass is 239 g/mol. The lowest BCUT2D eigenvalue weighted by Crippen LogP contribution is -2.13. The van der Waals surface area contributed by atoms with Crippen LogP contribution in [0.5, 0.6) is 5.88 Å². The van der Waals surface area contributed by atoms with E-state index in [1.54, 1.807) is 7.11 Å². The Morgan fingerprint density at radius 3 is 2.71 bits per heavy atom. The number of ether oxygens (including phenoxy) is 2. The molecule has 0 aliphatic rings. The first-order valence-corrected chi connectivity index (χ1v) is 5.97. The molecule has 0 fully saturated rings. The van der Waals surface area contributed by atoms with E-state index in [1.807, 2.05) is 19.9 Å². The molecule has 1 aromatic rings. The number of aromatic nitrogens is 2. The van der Waals surface area contributed by atoms with Crippen LogP contribution >= 0.6 is 0 Å². The predicted octanol–water partition coefficient (Wildman–Crippen LogP) is 2.23. The standard InChI is InChI=1S/C12H21N3O2/c1-5-9(3)17-12-7-10(13-6-2)14-11(15-12)8-16-4/h7,9H,5-6,8H2,1-4H3,(H,13,14,15). The Labute approximate surface area is 103 Å². The lowest BCUT2D eigenvalue weighted by atomic mass is 10.3. The molecule has 1 aromatic heterocycles. The summed E-state index contributed by atoms with van der Waals surface area (Å²) >= 11 is 0. The van der Waals surface area contributed by atoms with Crippen molar-refractivity contribution in [2.45, 2.75) is 39.9 Å². The minimum atomic E-state index is 0.148. The van der Waals surface area contributed by atoms with Crippen LogP contribution in [0.15, 0.2) is 6.07 Å². The number of anilines is 1. The van der Waals surface area contributed by atoms with Crippen molar-refractivity contribution < 1.29 is 9.47 Å². The highest BCUT2D eigenvalue weighted by Crippen LogP contribution is 2.16. The van der Waals surface area contributed by atoms with Crippen LogP contribution in [-0.4, -0.2) is 29.7 Å². The van der Waals surface area contributed by atoms with Crippen LogP contribution in [0.1, 0.15) is 33.0 Å². The SMILES string of the molecule is CCNc1cc(OC(C)CC)nc(COC)n1. The van der Waals surface area contributed by atoms with E-state index in [9.17, 15) is 0 Å². The van der Waals surface area contributed by atoms with Crippen molar-refractivity contribution in [1.82, 2.24) is 9.97 Å². The van der Waals surface area contributed by atoms with Crippen LogP contribution in [-0.2, 0) is 11.3 Å². The number of methoxy groups -OCH3 is 1. The van der Waals surface area contributed by atoms with Crippen LogP contribution in [0.3, 0.4) is 0 Å². The van der Waals surface area contributed by atoms with Crippen LogP contribution in [0.25, 0.3) is 0 Å². The minimum Gasteiger partial charge on any atom is -0.475 e. The molecule has 0 saturated carbocycles. The third kappa shape index (κ3) is 4.56. The molecule has 5 nitrogen and oxygen atoms in total. The Kier molecular flexibility index (Phi) is 5.69. The smallest absolute Gasteiger partial charge is 0.219 e. The molecule has 1 N–H and O–H groups in total. The minimum absolute atomic E-state index is 0.148. The van der Waals surface area contributed by atoms with E-state index in [4.69, 9.17) is 9.47 Å². The summed E-state index contributed by atoms with van der Waals surface area (Å²) in [4.78, 5) is 8.61. The average Bonchev–Trinajstić information content (AvgIpc) is 2.29. The van der Waals surface area contributed by atoms with Gasteiger partial charge in [0.2, 0.25) is 5.88 Å². The van der Waals surface area contributed by atoms with E-state index in [0.717, 1.165) is 18.8 Å². The van der Waals surface area contributed by atoms with Crippen molar-refractivity contribution >= 4 is 5.82 Å². The maximum Gasteiger partial charge on any atom is 0.219 e. The third-order valence-corrected chi connectivity index (χ3v) is 2.28. The lowest BCUT2D eigenvalue weighted by molar-refractivity contribution is 0.172. The third-order valence-electron chi connectivity index (χ3n) is 2.28. The van der Waals surface area contributed by atoms with E-state index in [-0.39, 0.29) is 6.10 Å². The van der Waals surface area contributed by atoms with Gasteiger partial charge in [-0.25, -0.2) is 4.98 Å². The van der Waals surface area contributed by atoms with Crippen LogP contribution < -0.4 is 10.1 Å². The van der Waals surface area contributed by atoms with Crippen molar-refractivity contribution in [3.05, 3.63) is 11.9 Å². The van der Waals surface area contributed by atoms with E-state index < -0.39 is 0 Å².